The lowest BCUT2D eigenvalue weighted by atomic mass is 10.1. The molecule has 0 saturated heterocycles. The van der Waals surface area contributed by atoms with E-state index in [0.29, 0.717) is 45.4 Å². The molecule has 4 aliphatic rings. The Morgan fingerprint density at radius 2 is 0.591 bits per heavy atom. The predicted molar refractivity (Wildman–Crippen MR) is 326 cm³/mol. The third kappa shape index (κ3) is 18.3. The van der Waals surface area contributed by atoms with Crippen molar-refractivity contribution in [1.82, 2.24) is 61.7 Å². The largest absolute Gasteiger partial charge is 0.495 e. The first-order valence-corrected chi connectivity index (χ1v) is 29.7. The summed E-state index contributed by atoms with van der Waals surface area (Å²) in [5.41, 5.74) is 1.04. The first-order chi connectivity index (χ1) is 42.6. The Labute approximate surface area is 512 Å². The van der Waals surface area contributed by atoms with Crippen molar-refractivity contribution in [3.63, 3.8) is 0 Å². The normalized spacial score (nSPS) is 20.5. The van der Waals surface area contributed by atoms with E-state index in [1.54, 1.807) is 77.7 Å². The van der Waals surface area contributed by atoms with Crippen LogP contribution in [0.15, 0.2) is 72.8 Å². The van der Waals surface area contributed by atoms with Crippen molar-refractivity contribution in [2.75, 3.05) is 166 Å². The number of rotatable bonds is 10. The first kappa shape index (κ1) is 66.7. The Bertz CT molecular complexity index is 3030. The number of nitrogens with one attached hydrogen (secondary N) is 7. The van der Waals surface area contributed by atoms with Gasteiger partial charge in [-0.05, 0) is 61.4 Å². The number of aliphatic carboxylic acids is 1. The van der Waals surface area contributed by atoms with Gasteiger partial charge < -0.3 is 66.2 Å². The second-order valence-electron chi connectivity index (χ2n) is 21.2. The van der Waals surface area contributed by atoms with E-state index >= 15 is 0 Å². The van der Waals surface area contributed by atoms with E-state index in [1.807, 2.05) is 19.6 Å². The molecule has 4 aromatic rings. The van der Waals surface area contributed by atoms with E-state index < -0.39 is 53.2 Å². The highest BCUT2D eigenvalue weighted by Gasteiger charge is 2.28. The summed E-state index contributed by atoms with van der Waals surface area (Å²) in [6.45, 7) is 4.36. The lowest BCUT2D eigenvalue weighted by Gasteiger charge is -2.31. The number of methoxy groups -OCH3 is 4. The molecular formula is C62H82N12O14. The van der Waals surface area contributed by atoms with Gasteiger partial charge in [-0.25, -0.2) is 0 Å². The molecule has 0 radical (unpaired) electrons. The summed E-state index contributed by atoms with van der Waals surface area (Å²) >= 11 is 0. The summed E-state index contributed by atoms with van der Waals surface area (Å²) in [5, 5.41) is 30.3. The van der Waals surface area contributed by atoms with Crippen LogP contribution in [0.5, 0.6) is 23.0 Å². The molecule has 4 heterocycles. The molecule has 4 aliphatic heterocycles. The van der Waals surface area contributed by atoms with E-state index in [4.69, 9.17) is 18.9 Å². The molecular weight excluding hydrogens is 1140 g/mol. The second kappa shape index (κ2) is 33.9. The van der Waals surface area contributed by atoms with Crippen LogP contribution in [-0.2, 0) is 4.79 Å². The van der Waals surface area contributed by atoms with Crippen molar-refractivity contribution < 1.29 is 67.2 Å². The van der Waals surface area contributed by atoms with Crippen LogP contribution in [0.1, 0.15) is 109 Å². The summed E-state index contributed by atoms with van der Waals surface area (Å²) in [4.78, 5) is 135. The number of carboxylic acid groups (broad SMARTS) is 1. The fraction of sp³-hybridized carbons (Fsp3) is 0.468. The summed E-state index contributed by atoms with van der Waals surface area (Å²) < 4.78 is 23.1. The minimum Gasteiger partial charge on any atom is -0.495 e. The fourth-order valence-corrected chi connectivity index (χ4v) is 10.8. The molecule has 26 heteroatoms. The molecule has 26 nitrogen and oxygen atoms in total. The Morgan fingerprint density at radius 3 is 0.852 bits per heavy atom. The highest BCUT2D eigenvalue weighted by molar-refractivity contribution is 6.07. The van der Waals surface area contributed by atoms with Crippen LogP contribution in [0.3, 0.4) is 0 Å². The van der Waals surface area contributed by atoms with Gasteiger partial charge in [0.2, 0.25) is 0 Å². The average molecular weight is 1220 g/mol. The monoisotopic (exact) mass is 1220 g/mol. The molecule has 2 atom stereocenters. The maximum absolute atomic E-state index is 15.0. The molecule has 0 fully saturated rings. The number of hydrogen-bond acceptors (Lipinski definition) is 17. The summed E-state index contributed by atoms with van der Waals surface area (Å²) in [7, 11) is 5.53. The van der Waals surface area contributed by atoms with E-state index in [9.17, 15) is 48.3 Å². The van der Waals surface area contributed by atoms with Crippen LogP contribution in [0.2, 0.25) is 0 Å². The van der Waals surface area contributed by atoms with Gasteiger partial charge in [0.15, 0.2) is 0 Å². The van der Waals surface area contributed by atoms with E-state index in [2.05, 4.69) is 37.2 Å². The van der Waals surface area contributed by atoms with Crippen molar-refractivity contribution >= 4 is 53.2 Å². The summed E-state index contributed by atoms with van der Waals surface area (Å²) in [6, 6.07) is 19.0. The van der Waals surface area contributed by atoms with Crippen molar-refractivity contribution in [2.45, 2.75) is 25.7 Å². The number of amides is 8. The molecule has 2 unspecified atom stereocenters. The molecule has 12 bridgehead atoms. The number of ether oxygens (including phenoxy) is 4. The van der Waals surface area contributed by atoms with Crippen LogP contribution in [-0.4, -0.2) is 249 Å². The van der Waals surface area contributed by atoms with E-state index in [0.717, 1.165) is 0 Å². The molecule has 0 aromatic heterocycles. The van der Waals surface area contributed by atoms with Gasteiger partial charge in [0.1, 0.15) is 23.0 Å². The smallest absolute Gasteiger partial charge is 0.303 e. The summed E-state index contributed by atoms with van der Waals surface area (Å²) in [5.74, 6) is -4.53. The zero-order valence-corrected chi connectivity index (χ0v) is 50.6. The zero-order chi connectivity index (χ0) is 63.0. The van der Waals surface area contributed by atoms with Gasteiger partial charge in [-0.2, -0.15) is 0 Å². The van der Waals surface area contributed by atoms with Gasteiger partial charge in [-0.3, -0.25) is 62.8 Å². The lowest BCUT2D eigenvalue weighted by Crippen LogP contribution is -2.46. The highest BCUT2D eigenvalue weighted by atomic mass is 16.5. The SMILES string of the molecule is COc1c2cccc1C(=O)NCCN1CCNC(=O)c3cccc(c3OC)C(=O)NCCN(CCNC2=O)CCN2CCNC(=O)c3cccc(c3OC)C(=O)NCCN(CC1)CCN(CCCCCC(=O)O)C(=O)c1cccc(c1OC)C(=O)NCC2. The predicted octanol–water partition coefficient (Wildman–Crippen LogP) is 1.27. The highest BCUT2D eigenvalue weighted by Crippen LogP contribution is 2.28. The second-order valence-corrected chi connectivity index (χ2v) is 21.2. The average Bonchev–Trinajstić information content (AvgIpc) is 2.13. The van der Waals surface area contributed by atoms with Crippen LogP contribution >= 0.6 is 0 Å². The number of unbranched alkanes of at least 4 members (excludes halogenated alkanes) is 2. The van der Waals surface area contributed by atoms with Gasteiger partial charge in [-0.15, -0.1) is 0 Å². The molecule has 0 aliphatic carbocycles. The number of hydrogen-bond donors (Lipinski definition) is 8. The van der Waals surface area contributed by atoms with Crippen molar-refractivity contribution in [2.24, 2.45) is 0 Å². The van der Waals surface area contributed by atoms with Gasteiger partial charge >= 0.3 is 5.97 Å². The van der Waals surface area contributed by atoms with Gasteiger partial charge in [0, 0.05) is 144 Å². The first-order valence-electron chi connectivity index (χ1n) is 29.7. The minimum absolute atomic E-state index is 0.0396. The Balaban J connectivity index is 1.35. The van der Waals surface area contributed by atoms with Crippen LogP contribution < -0.4 is 56.2 Å². The number of nitrogens with zero attached hydrogens (tertiary/aromatic N) is 5. The maximum Gasteiger partial charge on any atom is 0.303 e. The Morgan fingerprint density at radius 1 is 0.352 bits per heavy atom. The standard InChI is InChI=1S/C62H82N12O14/c1-85-51-42-12-8-14-44(51)58(80)66-24-33-72-34-25-67-59(81)45-15-9-13-43(52(45)86-2)56(78)64-22-30-70(29-21-63-55(42)77)36-37-71-31-23-65-57(79)46-16-10-17-47(53(46)87-3)60(82)69-27-35-73(39-38-72)40-41-74(28-7-5-6-20-50(75)76)62(84)49-19-11-18-48(54(49)88-4)61(83)68-26-32-71/h8-19H,5-7,20-41H2,1-4H3,(H,63,77)(H,64,78)(H,65,79)(H,66,80)(H,67,81)(H,68,83)(H,69,82)(H,75,76). The number of carboxylic acids is 1. The number of carbonyl (C=O) groups is 9. The molecule has 8 N–H and O–H groups in total. The Hall–Kier alpha value is -8.85. The summed E-state index contributed by atoms with van der Waals surface area (Å²) in [6.07, 6.45) is 1.32. The van der Waals surface area contributed by atoms with Crippen molar-refractivity contribution in [3.05, 3.63) is 117 Å². The topological polar surface area (TPSA) is 311 Å². The molecule has 474 valence electrons. The van der Waals surface area contributed by atoms with Crippen molar-refractivity contribution in [3.8, 4) is 23.0 Å². The fourth-order valence-electron chi connectivity index (χ4n) is 10.8. The molecule has 8 rings (SSSR count). The third-order valence-corrected chi connectivity index (χ3v) is 15.6. The quantitative estimate of drug-likeness (QED) is 0.104. The molecule has 0 spiro atoms. The van der Waals surface area contributed by atoms with Crippen LogP contribution in [0, 0.1) is 0 Å². The third-order valence-electron chi connectivity index (χ3n) is 15.6. The number of benzene rings is 4. The molecule has 4 aromatic carbocycles. The van der Waals surface area contributed by atoms with Gasteiger partial charge in [0.25, 0.3) is 47.3 Å². The molecule has 0 saturated carbocycles. The zero-order valence-electron chi connectivity index (χ0n) is 50.6. The van der Waals surface area contributed by atoms with Gasteiger partial charge in [0.05, 0.1) is 72.9 Å². The number of para-hydroxylation sites is 4. The minimum atomic E-state index is -0.930. The van der Waals surface area contributed by atoms with Crippen LogP contribution in [0.4, 0.5) is 0 Å². The maximum atomic E-state index is 15.0. The number of carbonyl (C=O) groups excluding carboxylic acids is 8. The van der Waals surface area contributed by atoms with Gasteiger partial charge in [-0.1, -0.05) is 30.7 Å². The lowest BCUT2D eigenvalue weighted by molar-refractivity contribution is -0.137. The van der Waals surface area contributed by atoms with E-state index in [1.165, 1.54) is 28.4 Å². The number of fused-ring (bicyclic) bond motifs is 16. The molecule has 88 heavy (non-hydrogen) atoms. The van der Waals surface area contributed by atoms with Crippen LogP contribution in [0.25, 0.3) is 0 Å². The Kier molecular flexibility index (Phi) is 25.7. The van der Waals surface area contributed by atoms with Crippen molar-refractivity contribution in [1.29, 1.82) is 0 Å². The molecule has 8 amide bonds. The van der Waals surface area contributed by atoms with E-state index in [-0.39, 0.29) is 185 Å².